The average molecular weight is 270 g/mol. The monoisotopic (exact) mass is 270 g/mol. The molecule has 0 aliphatic carbocycles. The predicted octanol–water partition coefficient (Wildman–Crippen LogP) is 2.60. The quantitative estimate of drug-likeness (QED) is 0.651. The van der Waals surface area contributed by atoms with E-state index in [2.05, 4.69) is 16.7 Å². The highest BCUT2D eigenvalue weighted by Gasteiger charge is 2.22. The maximum Gasteiger partial charge on any atom is 0.326 e. The molecule has 3 rings (SSSR count). The van der Waals surface area contributed by atoms with Crippen LogP contribution < -0.4 is 10.6 Å². The zero-order valence-corrected chi connectivity index (χ0v) is 10.7. The number of urea groups is 1. The summed E-state index contributed by atoms with van der Waals surface area (Å²) in [6.45, 7) is 0. The second kappa shape index (κ2) is 4.70. The topological polar surface area (TPSA) is 58.2 Å². The molecule has 2 aromatic rings. The highest BCUT2D eigenvalue weighted by atomic mass is 32.1. The van der Waals surface area contributed by atoms with Crippen molar-refractivity contribution in [2.24, 2.45) is 0 Å². The summed E-state index contributed by atoms with van der Waals surface area (Å²) in [5, 5.41) is 6.65. The van der Waals surface area contributed by atoms with E-state index in [1.165, 1.54) is 4.88 Å². The number of nitrogens with one attached hydrogen (secondary N) is 2. The van der Waals surface area contributed by atoms with E-state index in [0.29, 0.717) is 0 Å². The minimum Gasteiger partial charge on any atom is -0.303 e. The highest BCUT2D eigenvalue weighted by molar-refractivity contribution is 7.13. The Morgan fingerprint density at radius 3 is 2.37 bits per heavy atom. The molecule has 1 aromatic heterocycles. The molecular weight excluding hydrogens is 260 g/mol. The Bertz CT molecular complexity index is 657. The third kappa shape index (κ3) is 2.41. The van der Waals surface area contributed by atoms with Gasteiger partial charge in [-0.05, 0) is 28.6 Å². The molecule has 0 atom stereocenters. The number of carbonyl (C=O) groups excluding carboxylic acids is 2. The standard InChI is InChI=1S/C14H10N2O2S/c17-13-11(15-14(18)16-13)8-9-3-5-10(6-4-9)12-2-1-7-19-12/h1-8H,(H2,15,16,17,18)/b11-8+. The fraction of sp³-hybridized carbons (Fsp3) is 0. The van der Waals surface area contributed by atoms with Crippen molar-refractivity contribution in [3.8, 4) is 10.4 Å². The van der Waals surface area contributed by atoms with Crippen LogP contribution in [0.25, 0.3) is 16.5 Å². The van der Waals surface area contributed by atoms with E-state index in [9.17, 15) is 9.59 Å². The van der Waals surface area contributed by atoms with Gasteiger partial charge in [-0.1, -0.05) is 30.3 Å². The van der Waals surface area contributed by atoms with Gasteiger partial charge in [-0.15, -0.1) is 11.3 Å². The van der Waals surface area contributed by atoms with Crippen LogP contribution in [0, 0.1) is 0 Å². The third-order valence-corrected chi connectivity index (χ3v) is 3.67. The molecule has 0 spiro atoms. The summed E-state index contributed by atoms with van der Waals surface area (Å²) in [5.74, 6) is -0.396. The summed E-state index contributed by atoms with van der Waals surface area (Å²) in [6, 6.07) is 11.4. The average Bonchev–Trinajstić information content (AvgIpc) is 3.01. The smallest absolute Gasteiger partial charge is 0.303 e. The summed E-state index contributed by atoms with van der Waals surface area (Å²) >= 11 is 1.68. The normalized spacial score (nSPS) is 16.5. The molecule has 1 fully saturated rings. The number of benzene rings is 1. The number of hydrogen-bond donors (Lipinski definition) is 2. The summed E-state index contributed by atoms with van der Waals surface area (Å²) in [4.78, 5) is 23.6. The molecule has 5 heteroatoms. The van der Waals surface area contributed by atoms with Crippen molar-refractivity contribution >= 4 is 29.4 Å². The van der Waals surface area contributed by atoms with Crippen molar-refractivity contribution in [3.63, 3.8) is 0 Å². The summed E-state index contributed by atoms with van der Waals surface area (Å²) in [5.41, 5.74) is 2.28. The van der Waals surface area contributed by atoms with Crippen molar-refractivity contribution in [1.82, 2.24) is 10.6 Å². The minimum atomic E-state index is -0.480. The third-order valence-electron chi connectivity index (χ3n) is 2.75. The summed E-state index contributed by atoms with van der Waals surface area (Å²) in [6.07, 6.45) is 1.65. The number of amides is 3. The van der Waals surface area contributed by atoms with Crippen molar-refractivity contribution in [2.75, 3.05) is 0 Å². The van der Waals surface area contributed by atoms with Gasteiger partial charge in [-0.25, -0.2) is 4.79 Å². The first-order valence-electron chi connectivity index (χ1n) is 5.70. The van der Waals surface area contributed by atoms with Crippen LogP contribution in [0.15, 0.2) is 47.5 Å². The molecule has 1 aliphatic rings. The zero-order valence-electron chi connectivity index (χ0n) is 9.84. The second-order valence-corrected chi connectivity index (χ2v) is 5.01. The van der Waals surface area contributed by atoms with Gasteiger partial charge in [0.1, 0.15) is 5.70 Å². The van der Waals surface area contributed by atoms with Gasteiger partial charge in [0.05, 0.1) is 0 Å². The summed E-state index contributed by atoms with van der Waals surface area (Å²) in [7, 11) is 0. The van der Waals surface area contributed by atoms with Crippen LogP contribution in [-0.4, -0.2) is 11.9 Å². The van der Waals surface area contributed by atoms with E-state index in [1.807, 2.05) is 35.7 Å². The van der Waals surface area contributed by atoms with Gasteiger partial charge in [-0.3, -0.25) is 10.1 Å². The van der Waals surface area contributed by atoms with Gasteiger partial charge in [0.2, 0.25) is 0 Å². The van der Waals surface area contributed by atoms with Crippen LogP contribution >= 0.6 is 11.3 Å². The fourth-order valence-electron chi connectivity index (χ4n) is 1.84. The van der Waals surface area contributed by atoms with E-state index in [1.54, 1.807) is 17.4 Å². The first-order chi connectivity index (χ1) is 9.22. The van der Waals surface area contributed by atoms with Gasteiger partial charge < -0.3 is 5.32 Å². The Balaban J connectivity index is 1.86. The van der Waals surface area contributed by atoms with Gasteiger partial charge in [0, 0.05) is 4.88 Å². The Labute approximate surface area is 113 Å². The maximum absolute atomic E-state index is 11.4. The minimum absolute atomic E-state index is 0.272. The Kier molecular flexibility index (Phi) is 2.89. The predicted molar refractivity (Wildman–Crippen MR) is 74.4 cm³/mol. The zero-order chi connectivity index (χ0) is 13.2. The second-order valence-electron chi connectivity index (χ2n) is 4.07. The van der Waals surface area contributed by atoms with Gasteiger partial charge in [0.25, 0.3) is 5.91 Å². The Morgan fingerprint density at radius 1 is 1.00 bits per heavy atom. The first kappa shape index (κ1) is 11.7. The molecule has 94 valence electrons. The number of imide groups is 1. The lowest BCUT2D eigenvalue weighted by atomic mass is 10.1. The maximum atomic E-state index is 11.4. The molecular formula is C14H10N2O2S. The Morgan fingerprint density at radius 2 is 1.79 bits per heavy atom. The lowest BCUT2D eigenvalue weighted by Gasteiger charge is -1.99. The van der Waals surface area contributed by atoms with E-state index < -0.39 is 11.9 Å². The van der Waals surface area contributed by atoms with Crippen molar-refractivity contribution in [2.45, 2.75) is 0 Å². The van der Waals surface area contributed by atoms with Crippen molar-refractivity contribution < 1.29 is 9.59 Å². The van der Waals surface area contributed by atoms with Gasteiger partial charge in [0.15, 0.2) is 0 Å². The van der Waals surface area contributed by atoms with Crippen LogP contribution in [0.2, 0.25) is 0 Å². The van der Waals surface area contributed by atoms with Crippen molar-refractivity contribution in [1.29, 1.82) is 0 Å². The molecule has 0 unspecified atom stereocenters. The van der Waals surface area contributed by atoms with Gasteiger partial charge >= 0.3 is 6.03 Å². The first-order valence-corrected chi connectivity index (χ1v) is 6.58. The molecule has 1 aromatic carbocycles. The molecule has 19 heavy (non-hydrogen) atoms. The molecule has 4 nitrogen and oxygen atoms in total. The molecule has 2 N–H and O–H groups in total. The van der Waals surface area contributed by atoms with E-state index in [4.69, 9.17) is 0 Å². The number of thiophene rings is 1. The SMILES string of the molecule is O=C1NC(=O)/C(=C\c2ccc(-c3cccs3)cc2)N1. The van der Waals surface area contributed by atoms with E-state index in [-0.39, 0.29) is 5.70 Å². The van der Waals surface area contributed by atoms with Crippen molar-refractivity contribution in [3.05, 3.63) is 53.0 Å². The molecule has 1 saturated heterocycles. The molecule has 2 heterocycles. The van der Waals surface area contributed by atoms with Crippen LogP contribution in [0.4, 0.5) is 4.79 Å². The molecule has 0 radical (unpaired) electrons. The van der Waals surface area contributed by atoms with E-state index in [0.717, 1.165) is 11.1 Å². The summed E-state index contributed by atoms with van der Waals surface area (Å²) < 4.78 is 0. The lowest BCUT2D eigenvalue weighted by Crippen LogP contribution is -2.22. The molecule has 0 bridgehead atoms. The number of hydrogen-bond acceptors (Lipinski definition) is 3. The fourth-order valence-corrected chi connectivity index (χ4v) is 2.57. The van der Waals surface area contributed by atoms with Crippen LogP contribution in [0.3, 0.4) is 0 Å². The van der Waals surface area contributed by atoms with Gasteiger partial charge in [-0.2, -0.15) is 0 Å². The van der Waals surface area contributed by atoms with Crippen LogP contribution in [-0.2, 0) is 4.79 Å². The van der Waals surface area contributed by atoms with E-state index >= 15 is 0 Å². The van der Waals surface area contributed by atoms with Crippen LogP contribution in [0.1, 0.15) is 5.56 Å². The Hall–Kier alpha value is -2.40. The molecule has 3 amide bonds. The molecule has 0 saturated carbocycles. The van der Waals surface area contributed by atoms with Crippen LogP contribution in [0.5, 0.6) is 0 Å². The number of rotatable bonds is 2. The highest BCUT2D eigenvalue weighted by Crippen LogP contribution is 2.25. The largest absolute Gasteiger partial charge is 0.326 e. The number of carbonyl (C=O) groups is 2. The molecule has 1 aliphatic heterocycles. The lowest BCUT2D eigenvalue weighted by molar-refractivity contribution is -0.115.